The Balaban J connectivity index is 0.00000320. The van der Waals surface area contributed by atoms with Crippen LogP contribution in [-0.4, -0.2) is 71.1 Å². The zero-order valence-corrected chi connectivity index (χ0v) is 20.8. The average molecular weight is 533 g/mol. The maximum absolute atomic E-state index is 5.79. The number of rotatable bonds is 9. The molecule has 0 bridgehead atoms. The number of halogens is 1. The molecule has 1 aromatic rings. The molecule has 1 atom stereocenters. The first-order valence-electron chi connectivity index (χ1n) is 10.7. The molecule has 3 rings (SSSR count). The van der Waals surface area contributed by atoms with Gasteiger partial charge in [0.25, 0.3) is 0 Å². The molecule has 1 saturated heterocycles. The molecule has 0 aliphatic carbocycles. The summed E-state index contributed by atoms with van der Waals surface area (Å²) < 4.78 is 22.1. The molecule has 1 N–H and O–H groups in total. The van der Waals surface area contributed by atoms with E-state index < -0.39 is 0 Å². The van der Waals surface area contributed by atoms with Crippen LogP contribution in [0.3, 0.4) is 0 Å². The Bertz CT molecular complexity index is 681. The molecular formula is C22H36IN3O4. The molecule has 1 aromatic carbocycles. The van der Waals surface area contributed by atoms with Gasteiger partial charge in [0.2, 0.25) is 0 Å². The van der Waals surface area contributed by atoms with Crippen LogP contribution in [0.5, 0.6) is 11.5 Å². The fraction of sp³-hybridized carbons (Fsp3) is 0.682. The van der Waals surface area contributed by atoms with Crippen molar-refractivity contribution in [1.29, 1.82) is 0 Å². The Morgan fingerprint density at radius 3 is 2.67 bits per heavy atom. The second-order valence-corrected chi connectivity index (χ2v) is 7.54. The van der Waals surface area contributed by atoms with Gasteiger partial charge in [0, 0.05) is 45.3 Å². The number of nitrogens with one attached hydrogen (secondary N) is 1. The summed E-state index contributed by atoms with van der Waals surface area (Å²) in [5.41, 5.74) is 2.58. The van der Waals surface area contributed by atoms with Crippen molar-refractivity contribution in [2.24, 2.45) is 10.9 Å². The van der Waals surface area contributed by atoms with E-state index in [0.29, 0.717) is 5.92 Å². The van der Waals surface area contributed by atoms with Crippen molar-refractivity contribution in [2.45, 2.75) is 32.7 Å². The third kappa shape index (κ3) is 6.88. The zero-order valence-electron chi connectivity index (χ0n) is 18.4. The van der Waals surface area contributed by atoms with Crippen molar-refractivity contribution in [2.75, 3.05) is 60.3 Å². The highest BCUT2D eigenvalue weighted by atomic mass is 127. The largest absolute Gasteiger partial charge is 0.493 e. The smallest absolute Gasteiger partial charge is 0.194 e. The number of hydrogen-bond donors (Lipinski definition) is 1. The number of hydrogen-bond acceptors (Lipinski definition) is 5. The molecule has 1 fully saturated rings. The predicted molar refractivity (Wildman–Crippen MR) is 129 cm³/mol. The Morgan fingerprint density at radius 1 is 1.23 bits per heavy atom. The summed E-state index contributed by atoms with van der Waals surface area (Å²) >= 11 is 0. The Morgan fingerprint density at radius 2 is 2.00 bits per heavy atom. The predicted octanol–water partition coefficient (Wildman–Crippen LogP) is 3.09. The van der Waals surface area contributed by atoms with Crippen LogP contribution in [0.4, 0.5) is 0 Å². The van der Waals surface area contributed by atoms with Gasteiger partial charge in [-0.15, -0.1) is 24.0 Å². The van der Waals surface area contributed by atoms with Gasteiger partial charge in [-0.3, -0.25) is 4.99 Å². The van der Waals surface area contributed by atoms with Crippen LogP contribution in [0.25, 0.3) is 0 Å². The number of nitrogens with zero attached hydrogens (tertiary/aromatic N) is 2. The molecule has 2 aliphatic rings. The van der Waals surface area contributed by atoms with Gasteiger partial charge in [-0.2, -0.15) is 0 Å². The highest BCUT2D eigenvalue weighted by Gasteiger charge is 2.21. The van der Waals surface area contributed by atoms with Crippen LogP contribution in [-0.2, 0) is 22.4 Å². The molecule has 170 valence electrons. The summed E-state index contributed by atoms with van der Waals surface area (Å²) in [7, 11) is 3.36. The van der Waals surface area contributed by atoms with E-state index in [2.05, 4.69) is 29.3 Å². The SMILES string of the molecule is CCNC(=NCCCOCC1CCOC1)N1CCc2cc(OC)c(OC)cc2C1.I. The van der Waals surface area contributed by atoms with Gasteiger partial charge in [0.15, 0.2) is 17.5 Å². The highest BCUT2D eigenvalue weighted by Crippen LogP contribution is 2.33. The van der Waals surface area contributed by atoms with Gasteiger partial charge in [-0.1, -0.05) is 0 Å². The van der Waals surface area contributed by atoms with Crippen LogP contribution < -0.4 is 14.8 Å². The third-order valence-electron chi connectivity index (χ3n) is 5.44. The van der Waals surface area contributed by atoms with Crippen LogP contribution >= 0.6 is 24.0 Å². The topological polar surface area (TPSA) is 64.6 Å². The maximum atomic E-state index is 5.79. The van der Waals surface area contributed by atoms with Crippen molar-refractivity contribution in [3.8, 4) is 11.5 Å². The van der Waals surface area contributed by atoms with Crippen LogP contribution in [0, 0.1) is 5.92 Å². The minimum absolute atomic E-state index is 0. The van der Waals surface area contributed by atoms with Crippen LogP contribution in [0.1, 0.15) is 30.9 Å². The molecule has 0 spiro atoms. The summed E-state index contributed by atoms with van der Waals surface area (Å²) in [6.45, 7) is 8.75. The minimum Gasteiger partial charge on any atom is -0.493 e. The van der Waals surface area contributed by atoms with Crippen LogP contribution in [0.2, 0.25) is 0 Å². The Labute approximate surface area is 197 Å². The van der Waals surface area contributed by atoms with E-state index in [1.807, 2.05) is 0 Å². The van der Waals surface area contributed by atoms with Gasteiger partial charge < -0.3 is 29.2 Å². The summed E-state index contributed by atoms with van der Waals surface area (Å²) in [4.78, 5) is 7.14. The van der Waals surface area contributed by atoms with Crippen molar-refractivity contribution < 1.29 is 18.9 Å². The molecule has 1 unspecified atom stereocenters. The van der Waals surface area contributed by atoms with E-state index in [-0.39, 0.29) is 24.0 Å². The number of methoxy groups -OCH3 is 2. The first-order chi connectivity index (χ1) is 14.2. The lowest BCUT2D eigenvalue weighted by Crippen LogP contribution is -2.44. The molecule has 2 heterocycles. The Kier molecular flexibility index (Phi) is 11.0. The van der Waals surface area contributed by atoms with Crippen LogP contribution in [0.15, 0.2) is 17.1 Å². The number of benzene rings is 1. The molecule has 7 nitrogen and oxygen atoms in total. The molecule has 0 aromatic heterocycles. The molecule has 0 saturated carbocycles. The number of aliphatic imine (C=N–C) groups is 1. The van der Waals surface area contributed by atoms with E-state index >= 15 is 0 Å². The third-order valence-corrected chi connectivity index (χ3v) is 5.44. The lowest BCUT2D eigenvalue weighted by Gasteiger charge is -2.32. The molecule has 8 heteroatoms. The quantitative estimate of drug-likeness (QED) is 0.228. The highest BCUT2D eigenvalue weighted by molar-refractivity contribution is 14.0. The maximum Gasteiger partial charge on any atom is 0.194 e. The average Bonchev–Trinajstić information content (AvgIpc) is 3.27. The van der Waals surface area contributed by atoms with E-state index in [1.165, 1.54) is 11.1 Å². The molecule has 0 radical (unpaired) electrons. The van der Waals surface area contributed by atoms with Crippen molar-refractivity contribution >= 4 is 29.9 Å². The summed E-state index contributed by atoms with van der Waals surface area (Å²) in [6.07, 6.45) is 3.01. The van der Waals surface area contributed by atoms with Gasteiger partial charge in [-0.05, 0) is 49.4 Å². The summed E-state index contributed by atoms with van der Waals surface area (Å²) in [6, 6.07) is 4.19. The fourth-order valence-corrected chi connectivity index (χ4v) is 3.81. The first-order valence-corrected chi connectivity index (χ1v) is 10.7. The van der Waals surface area contributed by atoms with E-state index in [9.17, 15) is 0 Å². The van der Waals surface area contributed by atoms with Gasteiger partial charge >= 0.3 is 0 Å². The van der Waals surface area contributed by atoms with Crippen molar-refractivity contribution in [1.82, 2.24) is 10.2 Å². The monoisotopic (exact) mass is 533 g/mol. The molecular weight excluding hydrogens is 497 g/mol. The zero-order chi connectivity index (χ0) is 20.5. The van der Waals surface area contributed by atoms with E-state index in [1.54, 1.807) is 14.2 Å². The van der Waals surface area contributed by atoms with Crippen molar-refractivity contribution in [3.63, 3.8) is 0 Å². The summed E-state index contributed by atoms with van der Waals surface area (Å²) in [5, 5.41) is 3.43. The lowest BCUT2D eigenvalue weighted by atomic mass is 9.99. The fourth-order valence-electron chi connectivity index (χ4n) is 3.81. The van der Waals surface area contributed by atoms with Crippen molar-refractivity contribution in [3.05, 3.63) is 23.3 Å². The van der Waals surface area contributed by atoms with E-state index in [0.717, 1.165) is 89.3 Å². The number of guanidine groups is 1. The first kappa shape index (κ1) is 25.0. The molecule has 30 heavy (non-hydrogen) atoms. The summed E-state index contributed by atoms with van der Waals surface area (Å²) in [5.74, 6) is 3.11. The van der Waals surface area contributed by atoms with Gasteiger partial charge in [-0.25, -0.2) is 0 Å². The second kappa shape index (κ2) is 13.2. The second-order valence-electron chi connectivity index (χ2n) is 7.54. The molecule has 0 amide bonds. The van der Waals surface area contributed by atoms with Gasteiger partial charge in [0.05, 0.1) is 27.4 Å². The van der Waals surface area contributed by atoms with Gasteiger partial charge in [0.1, 0.15) is 0 Å². The standard InChI is InChI=1S/C22H35N3O4.HI/c1-4-23-22(24-8-5-10-28-15-17-7-11-29-16-17)25-9-6-18-12-20(26-2)21(27-3)13-19(18)14-25;/h12-13,17H,4-11,14-16H2,1-3H3,(H,23,24);1H. The normalized spacial score (nSPS) is 18.6. The molecule has 2 aliphatic heterocycles. The number of ether oxygens (including phenoxy) is 4. The Hall–Kier alpha value is -1.26. The minimum atomic E-state index is 0. The van der Waals surface area contributed by atoms with E-state index in [4.69, 9.17) is 23.9 Å². The lowest BCUT2D eigenvalue weighted by molar-refractivity contribution is 0.0893. The number of fused-ring (bicyclic) bond motifs is 1.